The molecule has 96 valence electrons. The second-order valence-electron chi connectivity index (χ2n) is 4.17. The van der Waals surface area contributed by atoms with Gasteiger partial charge in [-0.05, 0) is 25.5 Å². The highest BCUT2D eigenvalue weighted by atomic mass is 79.9. The molecule has 2 unspecified atom stereocenters. The van der Waals surface area contributed by atoms with Gasteiger partial charge < -0.3 is 10.2 Å². The summed E-state index contributed by atoms with van der Waals surface area (Å²) in [6.07, 6.45) is 1.65. The number of nitrogens with zero attached hydrogens (tertiary/aromatic N) is 1. The van der Waals surface area contributed by atoms with Crippen molar-refractivity contribution >= 4 is 27.7 Å². The minimum Gasteiger partial charge on any atom is -0.440 e. The highest BCUT2D eigenvalue weighted by Crippen LogP contribution is 2.39. The summed E-state index contributed by atoms with van der Waals surface area (Å²) in [6, 6.07) is 8.09. The van der Waals surface area contributed by atoms with Gasteiger partial charge in [0.15, 0.2) is 0 Å². The Hall–Kier alpha value is -0.780. The first-order chi connectivity index (χ1) is 8.58. The Balaban J connectivity index is 2.27. The van der Waals surface area contributed by atoms with Crippen LogP contribution in [-0.4, -0.2) is 11.0 Å². The van der Waals surface area contributed by atoms with Gasteiger partial charge in [-0.2, -0.15) is 0 Å². The Morgan fingerprint density at radius 1 is 1.39 bits per heavy atom. The molecule has 0 saturated heterocycles. The molecule has 0 saturated carbocycles. The van der Waals surface area contributed by atoms with E-state index in [1.54, 1.807) is 18.0 Å². The van der Waals surface area contributed by atoms with Gasteiger partial charge in [-0.15, -0.1) is 0 Å². The molecule has 18 heavy (non-hydrogen) atoms. The number of thioether (sulfide) groups is 1. The van der Waals surface area contributed by atoms with E-state index in [1.165, 1.54) is 0 Å². The zero-order valence-corrected chi connectivity index (χ0v) is 12.7. The van der Waals surface area contributed by atoms with E-state index in [1.807, 2.05) is 32.0 Å². The van der Waals surface area contributed by atoms with Gasteiger partial charge >= 0.3 is 0 Å². The van der Waals surface area contributed by atoms with E-state index in [0.717, 1.165) is 15.7 Å². The van der Waals surface area contributed by atoms with Crippen LogP contribution in [0.2, 0.25) is 0 Å². The second-order valence-corrected chi connectivity index (χ2v) is 6.12. The summed E-state index contributed by atoms with van der Waals surface area (Å²) < 4.78 is 6.45. The fourth-order valence-electron chi connectivity index (χ4n) is 1.66. The van der Waals surface area contributed by atoms with Crippen LogP contribution < -0.4 is 5.73 Å². The lowest BCUT2D eigenvalue weighted by Crippen LogP contribution is -2.22. The number of aryl methyl sites for hydroxylation is 1. The lowest BCUT2D eigenvalue weighted by molar-refractivity contribution is 0.452. The predicted molar refractivity (Wildman–Crippen MR) is 77.6 cm³/mol. The number of aromatic nitrogens is 1. The number of benzene rings is 1. The van der Waals surface area contributed by atoms with Crippen LogP contribution in [0.4, 0.5) is 0 Å². The summed E-state index contributed by atoms with van der Waals surface area (Å²) >= 11 is 5.12. The summed E-state index contributed by atoms with van der Waals surface area (Å²) in [4.78, 5) is 4.31. The van der Waals surface area contributed by atoms with E-state index in [2.05, 4.69) is 27.0 Å². The van der Waals surface area contributed by atoms with Crippen molar-refractivity contribution in [2.75, 3.05) is 0 Å². The third kappa shape index (κ3) is 3.16. The SMILES string of the molecule is Cc1coc(SC(c2ccccc2Br)C(C)N)n1. The molecular formula is C13H15BrN2OS. The monoisotopic (exact) mass is 326 g/mol. The summed E-state index contributed by atoms with van der Waals surface area (Å²) in [7, 11) is 0. The van der Waals surface area contributed by atoms with Gasteiger partial charge in [0.2, 0.25) is 0 Å². The van der Waals surface area contributed by atoms with Crippen LogP contribution in [0.3, 0.4) is 0 Å². The number of nitrogens with two attached hydrogens (primary N) is 1. The maximum absolute atomic E-state index is 6.08. The summed E-state index contributed by atoms with van der Waals surface area (Å²) in [6.45, 7) is 3.90. The van der Waals surface area contributed by atoms with E-state index in [0.29, 0.717) is 5.22 Å². The van der Waals surface area contributed by atoms with Crippen molar-refractivity contribution in [1.82, 2.24) is 4.98 Å². The molecule has 0 aliphatic carbocycles. The standard InChI is InChI=1S/C13H15BrN2OS/c1-8-7-17-13(16-8)18-12(9(2)15)10-5-3-4-6-11(10)14/h3-7,9,12H,15H2,1-2H3. The van der Waals surface area contributed by atoms with Gasteiger partial charge in [-0.25, -0.2) is 4.98 Å². The van der Waals surface area contributed by atoms with Crippen molar-refractivity contribution in [3.63, 3.8) is 0 Å². The normalized spacial score (nSPS) is 14.4. The molecule has 0 fully saturated rings. The molecule has 0 aliphatic heterocycles. The second kappa shape index (κ2) is 5.91. The van der Waals surface area contributed by atoms with Crippen LogP contribution in [0.25, 0.3) is 0 Å². The Kier molecular flexibility index (Phi) is 4.48. The number of oxazole rings is 1. The quantitative estimate of drug-likeness (QED) is 0.865. The topological polar surface area (TPSA) is 52.0 Å². The molecular weight excluding hydrogens is 312 g/mol. The fourth-order valence-corrected chi connectivity index (χ4v) is 3.40. The molecule has 1 heterocycles. The highest BCUT2D eigenvalue weighted by molar-refractivity contribution is 9.10. The van der Waals surface area contributed by atoms with E-state index in [-0.39, 0.29) is 11.3 Å². The Morgan fingerprint density at radius 3 is 2.67 bits per heavy atom. The summed E-state index contributed by atoms with van der Waals surface area (Å²) in [5, 5.41) is 0.768. The van der Waals surface area contributed by atoms with Crippen molar-refractivity contribution in [3.8, 4) is 0 Å². The third-order valence-electron chi connectivity index (χ3n) is 2.52. The van der Waals surface area contributed by atoms with E-state index in [4.69, 9.17) is 10.2 Å². The molecule has 2 rings (SSSR count). The van der Waals surface area contributed by atoms with Crippen LogP contribution in [-0.2, 0) is 0 Å². The van der Waals surface area contributed by atoms with Gasteiger partial charge in [-0.1, -0.05) is 45.9 Å². The molecule has 2 N–H and O–H groups in total. The van der Waals surface area contributed by atoms with Crippen LogP contribution in [0.15, 0.2) is 44.6 Å². The third-order valence-corrected chi connectivity index (χ3v) is 4.56. The average Bonchev–Trinajstić information content (AvgIpc) is 2.73. The molecule has 5 heteroatoms. The van der Waals surface area contributed by atoms with Crippen LogP contribution in [0.5, 0.6) is 0 Å². The molecule has 0 amide bonds. The molecule has 0 radical (unpaired) electrons. The molecule has 0 bridgehead atoms. The first kappa shape index (κ1) is 13.6. The molecule has 1 aromatic carbocycles. The Morgan fingerprint density at radius 2 is 2.11 bits per heavy atom. The molecule has 0 aliphatic rings. The molecule has 3 nitrogen and oxygen atoms in total. The van der Waals surface area contributed by atoms with E-state index in [9.17, 15) is 0 Å². The molecule has 0 spiro atoms. The molecule has 2 aromatic rings. The highest BCUT2D eigenvalue weighted by Gasteiger charge is 2.22. The number of halogens is 1. The zero-order chi connectivity index (χ0) is 13.1. The predicted octanol–water partition coefficient (Wildman–Crippen LogP) is 3.93. The maximum Gasteiger partial charge on any atom is 0.256 e. The van der Waals surface area contributed by atoms with Gasteiger partial charge in [0.1, 0.15) is 6.26 Å². The van der Waals surface area contributed by atoms with Crippen LogP contribution in [0.1, 0.15) is 23.4 Å². The van der Waals surface area contributed by atoms with Gasteiger partial charge in [-0.3, -0.25) is 0 Å². The van der Waals surface area contributed by atoms with Crippen molar-refractivity contribution in [1.29, 1.82) is 0 Å². The first-order valence-electron chi connectivity index (χ1n) is 5.66. The van der Waals surface area contributed by atoms with E-state index >= 15 is 0 Å². The maximum atomic E-state index is 6.08. The first-order valence-corrected chi connectivity index (χ1v) is 7.34. The van der Waals surface area contributed by atoms with Crippen molar-refractivity contribution < 1.29 is 4.42 Å². The number of rotatable bonds is 4. The number of hydrogen-bond acceptors (Lipinski definition) is 4. The minimum atomic E-state index is 0.000839. The van der Waals surface area contributed by atoms with E-state index < -0.39 is 0 Å². The van der Waals surface area contributed by atoms with Crippen molar-refractivity contribution in [2.24, 2.45) is 5.73 Å². The zero-order valence-electron chi connectivity index (χ0n) is 10.3. The van der Waals surface area contributed by atoms with Crippen molar-refractivity contribution in [3.05, 3.63) is 46.3 Å². The lowest BCUT2D eigenvalue weighted by atomic mass is 10.1. The largest absolute Gasteiger partial charge is 0.440 e. The summed E-state index contributed by atoms with van der Waals surface area (Å²) in [5.74, 6) is 0. The van der Waals surface area contributed by atoms with Crippen LogP contribution >= 0.6 is 27.7 Å². The summed E-state index contributed by atoms with van der Waals surface area (Å²) in [5.41, 5.74) is 8.12. The lowest BCUT2D eigenvalue weighted by Gasteiger charge is -2.20. The Bertz CT molecular complexity index is 527. The van der Waals surface area contributed by atoms with Gasteiger partial charge in [0.05, 0.1) is 10.9 Å². The Labute approximate surface area is 119 Å². The smallest absolute Gasteiger partial charge is 0.256 e. The molecule has 2 atom stereocenters. The fraction of sp³-hybridized carbons (Fsp3) is 0.308. The molecule has 1 aromatic heterocycles. The number of hydrogen-bond donors (Lipinski definition) is 1. The average molecular weight is 327 g/mol. The minimum absolute atomic E-state index is 0.000839. The van der Waals surface area contributed by atoms with Gasteiger partial charge in [0.25, 0.3) is 5.22 Å². The van der Waals surface area contributed by atoms with Crippen molar-refractivity contribution in [2.45, 2.75) is 30.4 Å². The van der Waals surface area contributed by atoms with Gasteiger partial charge in [0, 0.05) is 10.5 Å². The van der Waals surface area contributed by atoms with Crippen LogP contribution in [0, 0.1) is 6.92 Å².